The van der Waals surface area contributed by atoms with E-state index in [4.69, 9.17) is 16.7 Å². The molecule has 4 rings (SSSR count). The summed E-state index contributed by atoms with van der Waals surface area (Å²) in [6.45, 7) is 3.10. The van der Waals surface area contributed by atoms with Crippen molar-refractivity contribution < 1.29 is 4.79 Å². The van der Waals surface area contributed by atoms with Crippen LogP contribution in [0.25, 0.3) is 0 Å². The quantitative estimate of drug-likeness (QED) is 0.366. The molecule has 2 aromatic carbocycles. The Kier molecular flexibility index (Phi) is 6.58. The van der Waals surface area contributed by atoms with Crippen LogP contribution >= 0.6 is 11.6 Å². The monoisotopic (exact) mass is 422 g/mol. The molecule has 3 nitrogen and oxygen atoms in total. The molecule has 0 N–H and O–H groups in total. The molecule has 4 heteroatoms. The summed E-state index contributed by atoms with van der Waals surface area (Å²) in [5, 5.41) is 8.10. The second-order valence-corrected chi connectivity index (χ2v) is 9.14. The van der Waals surface area contributed by atoms with E-state index in [9.17, 15) is 4.79 Å². The van der Waals surface area contributed by atoms with E-state index in [1.807, 2.05) is 24.3 Å². The summed E-state index contributed by atoms with van der Waals surface area (Å²) in [6.07, 6.45) is 8.73. The number of hydrogen-bond donors (Lipinski definition) is 0. The fourth-order valence-corrected chi connectivity index (χ4v) is 5.38. The van der Waals surface area contributed by atoms with Gasteiger partial charge in [0.2, 0.25) is 0 Å². The van der Waals surface area contributed by atoms with Crippen molar-refractivity contribution >= 4 is 23.6 Å². The number of hydrogen-bond acceptors (Lipinski definition) is 3. The van der Waals surface area contributed by atoms with Gasteiger partial charge in [0, 0.05) is 23.2 Å². The Bertz CT molecular complexity index is 880. The molecule has 158 valence electrons. The Hall–Kier alpha value is -2.13. The molecular weight excluding hydrogens is 392 g/mol. The van der Waals surface area contributed by atoms with Gasteiger partial charge in [-0.05, 0) is 55.4 Å². The number of aldehydes is 1. The first kappa shape index (κ1) is 21.1. The number of halogens is 1. The zero-order chi connectivity index (χ0) is 21.0. The number of carbonyl (C=O) groups is 1. The number of nitrogens with zero attached hydrogens (tertiary/aromatic N) is 2. The molecule has 3 atom stereocenters. The van der Waals surface area contributed by atoms with Crippen molar-refractivity contribution in [3.63, 3.8) is 0 Å². The predicted molar refractivity (Wildman–Crippen MR) is 124 cm³/mol. The lowest BCUT2D eigenvalue weighted by atomic mass is 9.77. The summed E-state index contributed by atoms with van der Waals surface area (Å²) in [4.78, 5) is 12.5. The Morgan fingerprint density at radius 2 is 1.90 bits per heavy atom. The van der Waals surface area contributed by atoms with E-state index in [1.165, 1.54) is 36.8 Å². The van der Waals surface area contributed by atoms with Gasteiger partial charge in [-0.15, -0.1) is 0 Å². The summed E-state index contributed by atoms with van der Waals surface area (Å²) in [6, 6.07) is 18.7. The number of carbonyl (C=O) groups excluding carboxylic acids is 1. The Labute approximate surface area is 185 Å². The first-order valence-electron chi connectivity index (χ1n) is 11.3. The van der Waals surface area contributed by atoms with Crippen molar-refractivity contribution in [3.8, 4) is 0 Å². The standard InChI is InChI=1S/C26H31ClN2O/c1-2-3-5-11-24-23(20-9-6-4-7-10-20)18-29(28-24)25-12-8-17-26(25,19-30)21-13-15-22(27)16-14-21/h4,6-7,9-10,13-16,19,23,25H,2-3,5,8,11-12,17-18H2,1H3. The molecule has 1 aliphatic carbocycles. The van der Waals surface area contributed by atoms with Crippen LogP contribution in [0, 0.1) is 0 Å². The SMILES string of the molecule is CCCCCC1=NN(C2CCCC2(C=O)c2ccc(Cl)cc2)CC1c1ccccc1. The minimum atomic E-state index is -0.506. The number of hydrazone groups is 1. The van der Waals surface area contributed by atoms with Crippen LogP contribution in [0.4, 0.5) is 0 Å². The molecule has 2 aromatic rings. The molecule has 1 saturated carbocycles. The fourth-order valence-electron chi connectivity index (χ4n) is 5.26. The summed E-state index contributed by atoms with van der Waals surface area (Å²) in [5.41, 5.74) is 3.16. The van der Waals surface area contributed by atoms with Crippen LogP contribution in [-0.2, 0) is 10.2 Å². The minimum Gasteiger partial charge on any atom is -0.302 e. The van der Waals surface area contributed by atoms with Gasteiger partial charge in [-0.25, -0.2) is 0 Å². The molecule has 30 heavy (non-hydrogen) atoms. The second-order valence-electron chi connectivity index (χ2n) is 8.71. The largest absolute Gasteiger partial charge is 0.302 e. The molecule has 1 heterocycles. The van der Waals surface area contributed by atoms with Gasteiger partial charge in [-0.3, -0.25) is 5.01 Å². The van der Waals surface area contributed by atoms with Gasteiger partial charge in [0.1, 0.15) is 6.29 Å². The average molecular weight is 423 g/mol. The predicted octanol–water partition coefficient (Wildman–Crippen LogP) is 6.36. The molecule has 1 aliphatic heterocycles. The van der Waals surface area contributed by atoms with Crippen LogP contribution in [0.1, 0.15) is 68.9 Å². The van der Waals surface area contributed by atoms with Crippen molar-refractivity contribution in [2.45, 2.75) is 69.2 Å². The maximum atomic E-state index is 12.5. The molecular formula is C26H31ClN2O. The zero-order valence-electron chi connectivity index (χ0n) is 17.8. The van der Waals surface area contributed by atoms with Crippen molar-refractivity contribution in [1.29, 1.82) is 0 Å². The number of benzene rings is 2. The number of rotatable bonds is 8. The molecule has 0 bridgehead atoms. The molecule has 1 fully saturated rings. The molecule has 0 amide bonds. The zero-order valence-corrected chi connectivity index (χ0v) is 18.5. The summed E-state index contributed by atoms with van der Waals surface area (Å²) in [5.74, 6) is 0.318. The highest BCUT2D eigenvalue weighted by atomic mass is 35.5. The average Bonchev–Trinajstić information content (AvgIpc) is 3.40. The Balaban J connectivity index is 1.64. The summed E-state index contributed by atoms with van der Waals surface area (Å²) in [7, 11) is 0. The first-order chi connectivity index (χ1) is 14.7. The van der Waals surface area contributed by atoms with E-state index < -0.39 is 5.41 Å². The topological polar surface area (TPSA) is 32.7 Å². The maximum absolute atomic E-state index is 12.5. The van der Waals surface area contributed by atoms with Gasteiger partial charge >= 0.3 is 0 Å². The summed E-state index contributed by atoms with van der Waals surface area (Å²) >= 11 is 6.12. The van der Waals surface area contributed by atoms with E-state index in [0.29, 0.717) is 10.9 Å². The lowest BCUT2D eigenvalue weighted by Crippen LogP contribution is -2.46. The highest BCUT2D eigenvalue weighted by Crippen LogP contribution is 2.45. The maximum Gasteiger partial charge on any atom is 0.132 e. The normalized spacial score (nSPS) is 26.1. The van der Waals surface area contributed by atoms with Crippen LogP contribution in [0.15, 0.2) is 59.7 Å². The second kappa shape index (κ2) is 9.34. The van der Waals surface area contributed by atoms with Crippen molar-refractivity contribution in [2.24, 2.45) is 5.10 Å². The van der Waals surface area contributed by atoms with E-state index in [1.54, 1.807) is 0 Å². The Morgan fingerprint density at radius 3 is 2.60 bits per heavy atom. The highest BCUT2D eigenvalue weighted by Gasteiger charge is 2.49. The van der Waals surface area contributed by atoms with Crippen molar-refractivity contribution in [1.82, 2.24) is 5.01 Å². The van der Waals surface area contributed by atoms with E-state index in [2.05, 4.69) is 42.3 Å². The molecule has 2 aliphatic rings. The third kappa shape index (κ3) is 4.05. The lowest BCUT2D eigenvalue weighted by molar-refractivity contribution is -0.114. The number of unbranched alkanes of at least 4 members (excludes halogenated alkanes) is 2. The van der Waals surface area contributed by atoms with Gasteiger partial charge in [-0.1, -0.05) is 73.8 Å². The van der Waals surface area contributed by atoms with Gasteiger partial charge < -0.3 is 4.79 Å². The van der Waals surface area contributed by atoms with E-state index >= 15 is 0 Å². The van der Waals surface area contributed by atoms with E-state index in [0.717, 1.165) is 37.8 Å². The molecule has 0 spiro atoms. The first-order valence-corrected chi connectivity index (χ1v) is 11.7. The smallest absolute Gasteiger partial charge is 0.132 e. The Morgan fingerprint density at radius 1 is 1.13 bits per heavy atom. The van der Waals surface area contributed by atoms with Crippen LogP contribution < -0.4 is 0 Å². The van der Waals surface area contributed by atoms with Crippen LogP contribution in [0.5, 0.6) is 0 Å². The lowest BCUT2D eigenvalue weighted by Gasteiger charge is -2.36. The van der Waals surface area contributed by atoms with Crippen molar-refractivity contribution in [2.75, 3.05) is 6.54 Å². The third-order valence-electron chi connectivity index (χ3n) is 6.88. The van der Waals surface area contributed by atoms with Crippen LogP contribution in [0.2, 0.25) is 5.02 Å². The molecule has 0 aromatic heterocycles. The van der Waals surface area contributed by atoms with Gasteiger partial charge in [0.05, 0.1) is 11.5 Å². The molecule has 3 unspecified atom stereocenters. The molecule has 0 saturated heterocycles. The van der Waals surface area contributed by atoms with Crippen LogP contribution in [0.3, 0.4) is 0 Å². The highest BCUT2D eigenvalue weighted by molar-refractivity contribution is 6.30. The van der Waals surface area contributed by atoms with Crippen LogP contribution in [-0.4, -0.2) is 29.6 Å². The molecule has 0 radical (unpaired) electrons. The third-order valence-corrected chi connectivity index (χ3v) is 7.13. The minimum absolute atomic E-state index is 0.103. The van der Waals surface area contributed by atoms with E-state index in [-0.39, 0.29) is 6.04 Å². The fraction of sp³-hybridized carbons (Fsp3) is 0.462. The summed E-state index contributed by atoms with van der Waals surface area (Å²) < 4.78 is 0. The van der Waals surface area contributed by atoms with Gasteiger partial charge in [0.15, 0.2) is 0 Å². The van der Waals surface area contributed by atoms with Gasteiger partial charge in [-0.2, -0.15) is 5.10 Å². The van der Waals surface area contributed by atoms with Crippen molar-refractivity contribution in [3.05, 3.63) is 70.7 Å². The van der Waals surface area contributed by atoms with Gasteiger partial charge in [0.25, 0.3) is 0 Å².